The molecule has 0 N–H and O–H groups in total. The number of sulfonamides is 1. The highest BCUT2D eigenvalue weighted by Crippen LogP contribution is 2.29. The smallest absolute Gasteiger partial charge is 0.244 e. The Morgan fingerprint density at radius 1 is 1.06 bits per heavy atom. The molecule has 9 nitrogen and oxygen atoms in total. The van der Waals surface area contributed by atoms with Crippen LogP contribution < -0.4 is 0 Å². The molecule has 1 fully saturated rings. The van der Waals surface area contributed by atoms with Gasteiger partial charge in [0.2, 0.25) is 21.1 Å². The molecule has 0 saturated carbocycles. The standard InChI is InChI=1S/C21H24N6O3S2/c1-16(2)20-25(13-14-26(20)32(29,30)18-11-7-4-8-12-18)19(28)15-31-21-22-23-24-27(21)17-9-5-3-6-10-17/h3-12,16,20H,13-15H2,1-2H3/t20-/m0/s1. The largest absolute Gasteiger partial charge is 0.324 e. The summed E-state index contributed by atoms with van der Waals surface area (Å²) in [5.41, 5.74) is 0.800. The number of amides is 1. The van der Waals surface area contributed by atoms with Gasteiger partial charge in [-0.25, -0.2) is 8.42 Å². The molecule has 1 aliphatic heterocycles. The molecular weight excluding hydrogens is 448 g/mol. The van der Waals surface area contributed by atoms with Crippen LogP contribution in [0.3, 0.4) is 0 Å². The maximum Gasteiger partial charge on any atom is 0.244 e. The molecule has 2 aromatic carbocycles. The minimum atomic E-state index is -3.70. The Kier molecular flexibility index (Phi) is 6.58. The molecule has 0 radical (unpaired) electrons. The van der Waals surface area contributed by atoms with Gasteiger partial charge in [0.15, 0.2) is 0 Å². The SMILES string of the molecule is CC(C)[C@H]1N(C(=O)CSc2nnnn2-c2ccccc2)CCN1S(=O)(=O)c1ccccc1. The van der Waals surface area contributed by atoms with E-state index in [1.54, 1.807) is 39.9 Å². The molecule has 2 heterocycles. The van der Waals surface area contributed by atoms with Crippen molar-refractivity contribution >= 4 is 27.7 Å². The van der Waals surface area contributed by atoms with E-state index >= 15 is 0 Å². The molecule has 3 aromatic rings. The molecule has 1 atom stereocenters. The van der Waals surface area contributed by atoms with E-state index in [0.29, 0.717) is 11.7 Å². The summed E-state index contributed by atoms with van der Waals surface area (Å²) < 4.78 is 29.4. The monoisotopic (exact) mass is 472 g/mol. The van der Waals surface area contributed by atoms with Gasteiger partial charge in [0.1, 0.15) is 6.17 Å². The number of carbonyl (C=O) groups is 1. The number of aromatic nitrogens is 4. The molecule has 32 heavy (non-hydrogen) atoms. The fraction of sp³-hybridized carbons (Fsp3) is 0.333. The van der Waals surface area contributed by atoms with Gasteiger partial charge in [0.05, 0.1) is 16.3 Å². The van der Waals surface area contributed by atoms with Crippen LogP contribution in [0.1, 0.15) is 13.8 Å². The van der Waals surface area contributed by atoms with Crippen LogP contribution in [-0.4, -0.2) is 68.7 Å². The number of hydrogen-bond donors (Lipinski definition) is 0. The highest BCUT2D eigenvalue weighted by atomic mass is 32.2. The van der Waals surface area contributed by atoms with Crippen molar-refractivity contribution in [2.75, 3.05) is 18.8 Å². The van der Waals surface area contributed by atoms with Gasteiger partial charge in [0.25, 0.3) is 0 Å². The summed E-state index contributed by atoms with van der Waals surface area (Å²) in [6, 6.07) is 17.8. The molecular formula is C21H24N6O3S2. The van der Waals surface area contributed by atoms with Crippen LogP contribution >= 0.6 is 11.8 Å². The van der Waals surface area contributed by atoms with Crippen LogP contribution in [0.4, 0.5) is 0 Å². The van der Waals surface area contributed by atoms with E-state index in [2.05, 4.69) is 15.5 Å². The lowest BCUT2D eigenvalue weighted by Crippen LogP contribution is -2.48. The average Bonchev–Trinajstić information content (AvgIpc) is 3.46. The van der Waals surface area contributed by atoms with Gasteiger partial charge in [-0.05, 0) is 40.6 Å². The van der Waals surface area contributed by atoms with E-state index in [4.69, 9.17) is 0 Å². The minimum Gasteiger partial charge on any atom is -0.324 e. The molecule has 11 heteroatoms. The third-order valence-electron chi connectivity index (χ3n) is 5.21. The Balaban J connectivity index is 1.50. The number of benzene rings is 2. The average molecular weight is 473 g/mol. The zero-order valence-electron chi connectivity index (χ0n) is 17.8. The quantitative estimate of drug-likeness (QED) is 0.486. The van der Waals surface area contributed by atoms with Crippen LogP contribution in [0.2, 0.25) is 0 Å². The summed E-state index contributed by atoms with van der Waals surface area (Å²) in [5, 5.41) is 12.3. The molecule has 0 bridgehead atoms. The maximum absolute atomic E-state index is 13.2. The summed E-state index contributed by atoms with van der Waals surface area (Å²) in [6.07, 6.45) is -0.543. The van der Waals surface area contributed by atoms with Crippen LogP contribution in [0.25, 0.3) is 5.69 Å². The molecule has 168 valence electrons. The first-order chi connectivity index (χ1) is 15.4. The van der Waals surface area contributed by atoms with Crippen molar-refractivity contribution in [3.63, 3.8) is 0 Å². The zero-order valence-corrected chi connectivity index (χ0v) is 19.4. The summed E-state index contributed by atoms with van der Waals surface area (Å²) in [7, 11) is -3.70. The van der Waals surface area contributed by atoms with Crippen molar-refractivity contribution in [3.8, 4) is 5.69 Å². The normalized spacial score (nSPS) is 17.2. The van der Waals surface area contributed by atoms with E-state index in [1.807, 2.05) is 44.2 Å². The molecule has 0 aliphatic carbocycles. The predicted molar refractivity (Wildman–Crippen MR) is 121 cm³/mol. The first-order valence-corrected chi connectivity index (χ1v) is 12.6. The molecule has 0 unspecified atom stereocenters. The van der Waals surface area contributed by atoms with Gasteiger partial charge in [-0.1, -0.05) is 62.0 Å². The predicted octanol–water partition coefficient (Wildman–Crippen LogP) is 2.27. The Hall–Kier alpha value is -2.76. The number of carbonyl (C=O) groups excluding carboxylic acids is 1. The second kappa shape index (κ2) is 9.39. The topological polar surface area (TPSA) is 101 Å². The first-order valence-electron chi connectivity index (χ1n) is 10.2. The summed E-state index contributed by atoms with van der Waals surface area (Å²) >= 11 is 1.23. The summed E-state index contributed by atoms with van der Waals surface area (Å²) in [4.78, 5) is 15.0. The molecule has 1 aliphatic rings. The van der Waals surface area contributed by atoms with Crippen molar-refractivity contribution in [2.45, 2.75) is 30.1 Å². The number of tetrazole rings is 1. The van der Waals surface area contributed by atoms with Gasteiger partial charge in [-0.3, -0.25) is 4.79 Å². The van der Waals surface area contributed by atoms with Gasteiger partial charge < -0.3 is 4.90 Å². The summed E-state index contributed by atoms with van der Waals surface area (Å²) in [6.45, 7) is 4.45. The summed E-state index contributed by atoms with van der Waals surface area (Å²) in [5.74, 6) is -0.114. The van der Waals surface area contributed by atoms with Crippen LogP contribution in [-0.2, 0) is 14.8 Å². The van der Waals surface area contributed by atoms with E-state index in [9.17, 15) is 13.2 Å². The lowest BCUT2D eigenvalue weighted by molar-refractivity contribution is -0.130. The minimum absolute atomic E-state index is 0.0698. The van der Waals surface area contributed by atoms with E-state index < -0.39 is 16.2 Å². The highest BCUT2D eigenvalue weighted by molar-refractivity contribution is 7.99. The Morgan fingerprint density at radius 2 is 1.72 bits per heavy atom. The number of para-hydroxylation sites is 1. The second-order valence-corrected chi connectivity index (χ2v) is 10.5. The highest BCUT2D eigenvalue weighted by Gasteiger charge is 2.43. The van der Waals surface area contributed by atoms with Crippen LogP contribution in [0.15, 0.2) is 70.7 Å². The fourth-order valence-corrected chi connectivity index (χ4v) is 6.30. The fourth-order valence-electron chi connectivity index (χ4n) is 3.79. The van der Waals surface area contributed by atoms with Crippen molar-refractivity contribution in [2.24, 2.45) is 5.92 Å². The van der Waals surface area contributed by atoms with Crippen molar-refractivity contribution in [1.29, 1.82) is 0 Å². The third kappa shape index (κ3) is 4.41. The van der Waals surface area contributed by atoms with Gasteiger partial charge in [0, 0.05) is 13.1 Å². The zero-order chi connectivity index (χ0) is 22.7. The molecule has 4 rings (SSSR count). The molecule has 1 amide bonds. The van der Waals surface area contributed by atoms with Gasteiger partial charge in [-0.2, -0.15) is 8.99 Å². The third-order valence-corrected chi connectivity index (χ3v) is 8.00. The Morgan fingerprint density at radius 3 is 2.38 bits per heavy atom. The molecule has 0 spiro atoms. The number of rotatable bonds is 7. The lowest BCUT2D eigenvalue weighted by atomic mass is 10.1. The molecule has 1 aromatic heterocycles. The van der Waals surface area contributed by atoms with E-state index in [0.717, 1.165) is 5.69 Å². The van der Waals surface area contributed by atoms with Crippen molar-refractivity contribution in [3.05, 3.63) is 60.7 Å². The van der Waals surface area contributed by atoms with Crippen molar-refractivity contribution < 1.29 is 13.2 Å². The first kappa shape index (κ1) is 22.4. The second-order valence-electron chi connectivity index (χ2n) is 7.67. The Bertz CT molecular complexity index is 1170. The van der Waals surface area contributed by atoms with Crippen LogP contribution in [0.5, 0.6) is 0 Å². The van der Waals surface area contributed by atoms with Gasteiger partial charge in [-0.15, -0.1) is 5.10 Å². The van der Waals surface area contributed by atoms with Gasteiger partial charge >= 0.3 is 0 Å². The van der Waals surface area contributed by atoms with E-state index in [-0.39, 0.29) is 29.0 Å². The van der Waals surface area contributed by atoms with E-state index in [1.165, 1.54) is 16.1 Å². The number of thioether (sulfide) groups is 1. The van der Waals surface area contributed by atoms with Crippen LogP contribution in [0, 0.1) is 5.92 Å². The van der Waals surface area contributed by atoms with Crippen molar-refractivity contribution in [1.82, 2.24) is 29.4 Å². The lowest BCUT2D eigenvalue weighted by Gasteiger charge is -2.32. The molecule has 1 saturated heterocycles. The Labute approximate surface area is 191 Å². The number of hydrogen-bond acceptors (Lipinski definition) is 7. The number of nitrogens with zero attached hydrogens (tertiary/aromatic N) is 6. The maximum atomic E-state index is 13.2.